The molecule has 0 bridgehead atoms. The number of hydrogen-bond acceptors (Lipinski definition) is 2. The van der Waals surface area contributed by atoms with Crippen molar-refractivity contribution in [3.05, 3.63) is 212 Å². The van der Waals surface area contributed by atoms with Crippen LogP contribution >= 0.6 is 0 Å². The normalized spacial score (nSPS) is 11.6. The molecule has 262 valence electrons. The first kappa shape index (κ1) is 32.0. The van der Waals surface area contributed by atoms with E-state index in [1.165, 1.54) is 54.9 Å². The molecule has 0 aliphatic rings. The smallest absolute Gasteiger partial charge is 0.143 e. The fraction of sp³-hybridized carbons (Fsp3) is 0. The van der Waals surface area contributed by atoms with Gasteiger partial charge in [0, 0.05) is 32.9 Å². The molecule has 10 aromatic carbocycles. The highest BCUT2D eigenvalue weighted by Crippen LogP contribution is 2.44. The van der Waals surface area contributed by atoms with Crippen molar-refractivity contribution >= 4 is 71.3 Å². The lowest BCUT2D eigenvalue weighted by atomic mass is 9.89. The van der Waals surface area contributed by atoms with Gasteiger partial charge in [0.2, 0.25) is 0 Å². The molecule has 11 aromatic rings. The maximum absolute atomic E-state index is 6.52. The van der Waals surface area contributed by atoms with Gasteiger partial charge in [0.25, 0.3) is 0 Å². The standard InChI is InChI=1S/C54H35NO/c1-2-13-36(14-3-1)37-25-29-40(30-26-37)55(52-23-12-22-49-47(52)33-34-50-48-21-10-11-24-53(48)56-54(49)50)41-31-27-38(28-32-41)42-16-6-7-19-45(42)51-35-39-15-4-5-17-43(39)44-18-8-9-20-46(44)51/h1-35H. The number of hydrogen-bond donors (Lipinski definition) is 0. The van der Waals surface area contributed by atoms with Crippen LogP contribution in [0.5, 0.6) is 0 Å². The molecule has 0 atom stereocenters. The van der Waals surface area contributed by atoms with Gasteiger partial charge >= 0.3 is 0 Å². The van der Waals surface area contributed by atoms with Gasteiger partial charge in [0.15, 0.2) is 0 Å². The summed E-state index contributed by atoms with van der Waals surface area (Å²) in [6.45, 7) is 0. The average Bonchev–Trinajstić information content (AvgIpc) is 3.67. The summed E-state index contributed by atoms with van der Waals surface area (Å²) in [4.78, 5) is 2.37. The maximum atomic E-state index is 6.52. The Bertz CT molecular complexity index is 3230. The molecule has 0 unspecified atom stereocenters. The Morgan fingerprint density at radius 3 is 1.64 bits per heavy atom. The topological polar surface area (TPSA) is 16.4 Å². The minimum absolute atomic E-state index is 0.904. The molecular weight excluding hydrogens is 679 g/mol. The largest absolute Gasteiger partial charge is 0.455 e. The molecule has 0 amide bonds. The number of furan rings is 1. The third-order valence-electron chi connectivity index (χ3n) is 11.3. The number of anilines is 3. The van der Waals surface area contributed by atoms with Gasteiger partial charge in [-0.2, -0.15) is 0 Å². The van der Waals surface area contributed by atoms with Gasteiger partial charge in [0.1, 0.15) is 11.2 Å². The summed E-state index contributed by atoms with van der Waals surface area (Å²) in [7, 11) is 0. The van der Waals surface area contributed by atoms with Crippen molar-refractivity contribution in [2.45, 2.75) is 0 Å². The number of para-hydroxylation sites is 1. The van der Waals surface area contributed by atoms with Crippen molar-refractivity contribution in [3.8, 4) is 33.4 Å². The lowest BCUT2D eigenvalue weighted by molar-refractivity contribution is 0.672. The second-order valence-corrected chi connectivity index (χ2v) is 14.4. The quantitative estimate of drug-likeness (QED) is 0.160. The molecule has 2 nitrogen and oxygen atoms in total. The predicted octanol–water partition coefficient (Wildman–Crippen LogP) is 15.5. The summed E-state index contributed by atoms with van der Waals surface area (Å²) in [5, 5.41) is 9.54. The van der Waals surface area contributed by atoms with Crippen LogP contribution in [0.25, 0.3) is 87.6 Å². The summed E-state index contributed by atoms with van der Waals surface area (Å²) in [5.74, 6) is 0. The number of fused-ring (bicyclic) bond motifs is 8. The van der Waals surface area contributed by atoms with Gasteiger partial charge in [-0.05, 0) is 103 Å². The highest BCUT2D eigenvalue weighted by atomic mass is 16.3. The maximum Gasteiger partial charge on any atom is 0.143 e. The Hall–Kier alpha value is -7.42. The highest BCUT2D eigenvalue weighted by molar-refractivity contribution is 6.18. The Balaban J connectivity index is 1.06. The second kappa shape index (κ2) is 13.2. The summed E-state index contributed by atoms with van der Waals surface area (Å²) >= 11 is 0. The number of benzene rings is 10. The fourth-order valence-corrected chi connectivity index (χ4v) is 8.62. The molecule has 56 heavy (non-hydrogen) atoms. The molecule has 11 rings (SSSR count). The van der Waals surface area contributed by atoms with E-state index in [2.05, 4.69) is 205 Å². The van der Waals surface area contributed by atoms with Gasteiger partial charge in [0.05, 0.1) is 5.69 Å². The van der Waals surface area contributed by atoms with Gasteiger partial charge < -0.3 is 9.32 Å². The van der Waals surface area contributed by atoms with Crippen LogP contribution in [0.1, 0.15) is 0 Å². The molecule has 0 aliphatic carbocycles. The number of rotatable bonds is 6. The molecule has 0 saturated carbocycles. The van der Waals surface area contributed by atoms with Crippen molar-refractivity contribution in [2.24, 2.45) is 0 Å². The minimum atomic E-state index is 0.904. The monoisotopic (exact) mass is 713 g/mol. The van der Waals surface area contributed by atoms with Crippen molar-refractivity contribution in [1.29, 1.82) is 0 Å². The Morgan fingerprint density at radius 1 is 0.304 bits per heavy atom. The molecule has 0 fully saturated rings. The third kappa shape index (κ3) is 5.26. The SMILES string of the molecule is c1ccc(-c2ccc(N(c3ccc(-c4ccccc4-c4cc5ccccc5c5ccccc45)cc3)c3cccc4c3ccc3c5ccccc5oc43)cc2)cc1. The van der Waals surface area contributed by atoms with E-state index >= 15 is 0 Å². The molecule has 0 saturated heterocycles. The van der Waals surface area contributed by atoms with E-state index in [9.17, 15) is 0 Å². The summed E-state index contributed by atoms with van der Waals surface area (Å²) < 4.78 is 6.52. The van der Waals surface area contributed by atoms with Crippen LogP contribution in [-0.2, 0) is 0 Å². The van der Waals surface area contributed by atoms with Crippen molar-refractivity contribution < 1.29 is 4.42 Å². The van der Waals surface area contributed by atoms with Gasteiger partial charge in [-0.3, -0.25) is 0 Å². The van der Waals surface area contributed by atoms with Gasteiger partial charge in [-0.15, -0.1) is 0 Å². The molecule has 0 N–H and O–H groups in total. The summed E-state index contributed by atoms with van der Waals surface area (Å²) in [6, 6.07) is 76.4. The van der Waals surface area contributed by atoms with E-state index < -0.39 is 0 Å². The first-order chi connectivity index (χ1) is 27.8. The lowest BCUT2D eigenvalue weighted by Gasteiger charge is -2.27. The van der Waals surface area contributed by atoms with Crippen LogP contribution in [0.4, 0.5) is 17.1 Å². The van der Waals surface area contributed by atoms with Crippen molar-refractivity contribution in [2.75, 3.05) is 4.90 Å². The van der Waals surface area contributed by atoms with E-state index in [4.69, 9.17) is 4.42 Å². The molecule has 1 heterocycles. The van der Waals surface area contributed by atoms with Crippen LogP contribution in [0.2, 0.25) is 0 Å². The zero-order valence-corrected chi connectivity index (χ0v) is 30.6. The van der Waals surface area contributed by atoms with Crippen molar-refractivity contribution in [3.63, 3.8) is 0 Å². The van der Waals surface area contributed by atoms with E-state index in [-0.39, 0.29) is 0 Å². The number of nitrogens with zero attached hydrogens (tertiary/aromatic N) is 1. The Morgan fingerprint density at radius 2 is 0.857 bits per heavy atom. The van der Waals surface area contributed by atoms with E-state index in [0.29, 0.717) is 0 Å². The molecular formula is C54H35NO. The van der Waals surface area contributed by atoms with Gasteiger partial charge in [-0.25, -0.2) is 0 Å². The molecule has 0 aliphatic heterocycles. The first-order valence-electron chi connectivity index (χ1n) is 19.2. The lowest BCUT2D eigenvalue weighted by Crippen LogP contribution is -2.10. The Labute approximate surface area is 325 Å². The Kier molecular flexibility index (Phi) is 7.53. The van der Waals surface area contributed by atoms with Crippen molar-refractivity contribution in [1.82, 2.24) is 0 Å². The van der Waals surface area contributed by atoms with Crippen LogP contribution in [0, 0.1) is 0 Å². The average molecular weight is 714 g/mol. The molecule has 0 spiro atoms. The molecule has 1 aromatic heterocycles. The van der Waals surface area contributed by atoms with Crippen LogP contribution in [0.15, 0.2) is 217 Å². The zero-order chi connectivity index (χ0) is 37.0. The van der Waals surface area contributed by atoms with Gasteiger partial charge in [-0.1, -0.05) is 164 Å². The molecule has 0 radical (unpaired) electrons. The summed E-state index contributed by atoms with van der Waals surface area (Å²) in [6.07, 6.45) is 0. The van der Waals surface area contributed by atoms with Crippen LogP contribution in [-0.4, -0.2) is 0 Å². The highest BCUT2D eigenvalue weighted by Gasteiger charge is 2.19. The molecule has 2 heteroatoms. The summed E-state index contributed by atoms with van der Waals surface area (Å²) in [5.41, 5.74) is 12.3. The fourth-order valence-electron chi connectivity index (χ4n) is 8.62. The predicted molar refractivity (Wildman–Crippen MR) is 237 cm³/mol. The van der Waals surface area contributed by atoms with E-state index in [1.54, 1.807) is 0 Å². The van der Waals surface area contributed by atoms with Crippen LogP contribution < -0.4 is 4.90 Å². The first-order valence-corrected chi connectivity index (χ1v) is 19.2. The zero-order valence-electron chi connectivity index (χ0n) is 30.6. The second-order valence-electron chi connectivity index (χ2n) is 14.4. The van der Waals surface area contributed by atoms with Crippen LogP contribution in [0.3, 0.4) is 0 Å². The van der Waals surface area contributed by atoms with E-state index in [1.807, 2.05) is 12.1 Å². The van der Waals surface area contributed by atoms with E-state index in [0.717, 1.165) is 49.8 Å². The third-order valence-corrected chi connectivity index (χ3v) is 11.3. The minimum Gasteiger partial charge on any atom is -0.455 e.